The van der Waals surface area contributed by atoms with Crippen LogP contribution in [0.1, 0.15) is 26.6 Å². The van der Waals surface area contributed by atoms with Gasteiger partial charge in [-0.15, -0.1) is 23.7 Å². The van der Waals surface area contributed by atoms with Crippen LogP contribution in [0.5, 0.6) is 5.75 Å². The van der Waals surface area contributed by atoms with Gasteiger partial charge >= 0.3 is 0 Å². The molecule has 0 saturated heterocycles. The third kappa shape index (κ3) is 4.42. The van der Waals surface area contributed by atoms with Crippen molar-refractivity contribution in [1.29, 1.82) is 0 Å². The molecule has 0 radical (unpaired) electrons. The van der Waals surface area contributed by atoms with E-state index in [-0.39, 0.29) is 18.3 Å². The summed E-state index contributed by atoms with van der Waals surface area (Å²) in [5, 5.41) is 5.30. The van der Waals surface area contributed by atoms with Gasteiger partial charge in [-0.1, -0.05) is 12.1 Å². The summed E-state index contributed by atoms with van der Waals surface area (Å²) >= 11 is 1.39. The molecule has 114 valence electrons. The number of amides is 1. The zero-order valence-corrected chi connectivity index (χ0v) is 13.5. The quantitative estimate of drug-likeness (QED) is 0.883. The van der Waals surface area contributed by atoms with Gasteiger partial charge in [0.1, 0.15) is 16.5 Å². The predicted octanol–water partition coefficient (Wildman–Crippen LogP) is 2.27. The predicted molar refractivity (Wildman–Crippen MR) is 86.2 cm³/mol. The zero-order valence-electron chi connectivity index (χ0n) is 11.9. The molecule has 1 amide bonds. The topological polar surface area (TPSA) is 77.2 Å². The van der Waals surface area contributed by atoms with E-state index in [1.165, 1.54) is 11.3 Å². The van der Waals surface area contributed by atoms with Crippen molar-refractivity contribution < 1.29 is 9.53 Å². The molecule has 1 aromatic heterocycles. The smallest absolute Gasteiger partial charge is 0.271 e. The van der Waals surface area contributed by atoms with E-state index >= 15 is 0 Å². The molecule has 3 N–H and O–H groups in total. The highest BCUT2D eigenvalue weighted by Gasteiger charge is 2.10. The first-order valence-corrected chi connectivity index (χ1v) is 7.08. The average molecular weight is 328 g/mol. The Bertz CT molecular complexity index is 616. The van der Waals surface area contributed by atoms with Crippen LogP contribution in [0.2, 0.25) is 0 Å². The minimum atomic E-state index is -0.194. The normalized spacial score (nSPS) is 9.86. The molecule has 0 bridgehead atoms. The lowest BCUT2D eigenvalue weighted by Gasteiger charge is -2.08. The summed E-state index contributed by atoms with van der Waals surface area (Å²) in [4.78, 5) is 16.1. The third-order valence-electron chi connectivity index (χ3n) is 2.88. The summed E-state index contributed by atoms with van der Waals surface area (Å²) in [6, 6.07) is 5.85. The number of thiazole rings is 1. The first-order valence-electron chi connectivity index (χ1n) is 6.20. The van der Waals surface area contributed by atoms with Crippen LogP contribution in [0.3, 0.4) is 0 Å². The number of benzene rings is 1. The zero-order chi connectivity index (χ0) is 14.5. The maximum atomic E-state index is 11.9. The Morgan fingerprint density at radius 2 is 2.24 bits per heavy atom. The fourth-order valence-electron chi connectivity index (χ4n) is 1.76. The highest BCUT2D eigenvalue weighted by atomic mass is 35.5. The Morgan fingerprint density at radius 3 is 2.86 bits per heavy atom. The van der Waals surface area contributed by atoms with Crippen molar-refractivity contribution in [3.8, 4) is 5.75 Å². The lowest BCUT2D eigenvalue weighted by Crippen LogP contribution is -2.23. The van der Waals surface area contributed by atoms with Crippen molar-refractivity contribution in [2.24, 2.45) is 5.73 Å². The van der Waals surface area contributed by atoms with Crippen LogP contribution in [0, 0.1) is 6.92 Å². The van der Waals surface area contributed by atoms with E-state index in [1.54, 1.807) is 12.5 Å². The number of aromatic nitrogens is 1. The Morgan fingerprint density at radius 1 is 1.48 bits per heavy atom. The number of carbonyl (C=O) groups excluding carboxylic acids is 1. The van der Waals surface area contributed by atoms with Crippen molar-refractivity contribution in [2.75, 3.05) is 7.11 Å². The van der Waals surface area contributed by atoms with Crippen molar-refractivity contribution >= 4 is 29.7 Å². The van der Waals surface area contributed by atoms with Gasteiger partial charge in [-0.3, -0.25) is 4.79 Å². The molecule has 0 atom stereocenters. The number of methoxy groups -OCH3 is 1. The molecule has 0 aliphatic heterocycles. The molecule has 1 heterocycles. The van der Waals surface area contributed by atoms with Gasteiger partial charge in [-0.05, 0) is 24.1 Å². The second-order valence-corrected chi connectivity index (χ2v) is 5.26. The van der Waals surface area contributed by atoms with E-state index in [0.29, 0.717) is 18.8 Å². The van der Waals surface area contributed by atoms with Crippen molar-refractivity contribution in [3.05, 3.63) is 45.4 Å². The van der Waals surface area contributed by atoms with Crippen LogP contribution in [-0.4, -0.2) is 18.0 Å². The number of nitrogens with zero attached hydrogens (tertiary/aromatic N) is 1. The summed E-state index contributed by atoms with van der Waals surface area (Å²) in [6.07, 6.45) is 0. The van der Waals surface area contributed by atoms with E-state index in [1.807, 2.05) is 25.1 Å². The first kappa shape index (κ1) is 17.4. The van der Waals surface area contributed by atoms with E-state index in [9.17, 15) is 4.79 Å². The number of nitrogens with one attached hydrogen (secondary N) is 1. The Kier molecular flexibility index (Phi) is 6.61. The molecule has 1 aromatic carbocycles. The molecular weight excluding hydrogens is 310 g/mol. The van der Waals surface area contributed by atoms with Gasteiger partial charge in [0.2, 0.25) is 0 Å². The summed E-state index contributed by atoms with van der Waals surface area (Å²) in [6.45, 7) is 2.77. The number of ether oxygens (including phenoxy) is 1. The monoisotopic (exact) mass is 327 g/mol. The number of carbonyl (C=O) groups is 1. The lowest BCUT2D eigenvalue weighted by atomic mass is 10.1. The Hall–Kier alpha value is -1.63. The standard InChI is InChI=1S/C14H17N3O2S.ClH/c1-9-3-4-10(5-12(9)19-2)7-16-14(18)11-8-20-13(6-15)17-11;/h3-5,8H,6-7,15H2,1-2H3,(H,16,18);1H. The summed E-state index contributed by atoms with van der Waals surface area (Å²) in [5.41, 5.74) is 7.93. The van der Waals surface area contributed by atoms with Crippen LogP contribution in [-0.2, 0) is 13.1 Å². The molecule has 2 aromatic rings. The molecule has 0 fully saturated rings. The van der Waals surface area contributed by atoms with E-state index in [0.717, 1.165) is 21.9 Å². The molecular formula is C14H18ClN3O2S. The largest absolute Gasteiger partial charge is 0.496 e. The third-order valence-corrected chi connectivity index (χ3v) is 3.76. The second kappa shape index (κ2) is 7.97. The van der Waals surface area contributed by atoms with Crippen LogP contribution in [0.25, 0.3) is 0 Å². The van der Waals surface area contributed by atoms with Gasteiger partial charge in [0, 0.05) is 18.5 Å². The number of nitrogens with two attached hydrogens (primary N) is 1. The maximum absolute atomic E-state index is 11.9. The van der Waals surface area contributed by atoms with Gasteiger partial charge in [0.05, 0.1) is 7.11 Å². The first-order chi connectivity index (χ1) is 9.63. The molecule has 7 heteroatoms. The van der Waals surface area contributed by atoms with E-state index in [4.69, 9.17) is 10.5 Å². The molecule has 0 aliphatic rings. The fraction of sp³-hybridized carbons (Fsp3) is 0.286. The molecule has 21 heavy (non-hydrogen) atoms. The van der Waals surface area contributed by atoms with Crippen LogP contribution in [0.15, 0.2) is 23.6 Å². The Balaban J connectivity index is 0.00000220. The summed E-state index contributed by atoms with van der Waals surface area (Å²) in [5.74, 6) is 0.622. The van der Waals surface area contributed by atoms with Gasteiger partial charge in [-0.25, -0.2) is 4.98 Å². The number of hydrogen-bond donors (Lipinski definition) is 2. The molecule has 2 rings (SSSR count). The molecule has 0 saturated carbocycles. The van der Waals surface area contributed by atoms with Gasteiger partial charge in [0.15, 0.2) is 0 Å². The number of aryl methyl sites for hydroxylation is 1. The second-order valence-electron chi connectivity index (χ2n) is 4.32. The minimum absolute atomic E-state index is 0. The molecule has 5 nitrogen and oxygen atoms in total. The van der Waals surface area contributed by atoms with Crippen molar-refractivity contribution in [3.63, 3.8) is 0 Å². The van der Waals surface area contributed by atoms with E-state index < -0.39 is 0 Å². The summed E-state index contributed by atoms with van der Waals surface area (Å²) in [7, 11) is 1.63. The van der Waals surface area contributed by atoms with Crippen LogP contribution >= 0.6 is 23.7 Å². The van der Waals surface area contributed by atoms with Crippen molar-refractivity contribution in [1.82, 2.24) is 10.3 Å². The van der Waals surface area contributed by atoms with Crippen LogP contribution in [0.4, 0.5) is 0 Å². The average Bonchev–Trinajstić information content (AvgIpc) is 2.95. The number of halogens is 1. The van der Waals surface area contributed by atoms with Gasteiger partial charge in [0.25, 0.3) is 5.91 Å². The van der Waals surface area contributed by atoms with E-state index in [2.05, 4.69) is 10.3 Å². The highest BCUT2D eigenvalue weighted by molar-refractivity contribution is 7.09. The van der Waals surface area contributed by atoms with Gasteiger partial charge < -0.3 is 15.8 Å². The highest BCUT2D eigenvalue weighted by Crippen LogP contribution is 2.18. The lowest BCUT2D eigenvalue weighted by molar-refractivity contribution is 0.0946. The molecule has 0 spiro atoms. The minimum Gasteiger partial charge on any atom is -0.496 e. The SMILES string of the molecule is COc1cc(CNC(=O)c2csc(CN)n2)ccc1C.Cl. The maximum Gasteiger partial charge on any atom is 0.271 e. The fourth-order valence-corrected chi connectivity index (χ4v) is 2.41. The Labute approximate surface area is 133 Å². The molecule has 0 unspecified atom stereocenters. The number of hydrogen-bond acceptors (Lipinski definition) is 5. The number of rotatable bonds is 5. The molecule has 0 aliphatic carbocycles. The van der Waals surface area contributed by atoms with Crippen LogP contribution < -0.4 is 15.8 Å². The van der Waals surface area contributed by atoms with Crippen molar-refractivity contribution in [2.45, 2.75) is 20.0 Å². The summed E-state index contributed by atoms with van der Waals surface area (Å²) < 4.78 is 5.26. The van der Waals surface area contributed by atoms with Gasteiger partial charge in [-0.2, -0.15) is 0 Å².